The summed E-state index contributed by atoms with van der Waals surface area (Å²) in [4.78, 5) is 32.0. The van der Waals surface area contributed by atoms with Gasteiger partial charge in [-0.25, -0.2) is 19.9 Å². The van der Waals surface area contributed by atoms with Crippen molar-refractivity contribution < 1.29 is 4.79 Å². The minimum atomic E-state index is -0.330. The van der Waals surface area contributed by atoms with Crippen molar-refractivity contribution in [2.45, 2.75) is 26.7 Å². The maximum Gasteiger partial charge on any atom is 0.277 e. The first-order chi connectivity index (χ1) is 12.1. The third-order valence-electron chi connectivity index (χ3n) is 4.27. The highest BCUT2D eigenvalue weighted by Gasteiger charge is 2.16. The van der Waals surface area contributed by atoms with Crippen molar-refractivity contribution >= 4 is 23.2 Å². The third kappa shape index (κ3) is 3.02. The number of anilines is 2. The molecule has 0 spiro atoms. The number of rotatable bonds is 3. The summed E-state index contributed by atoms with van der Waals surface area (Å²) < 4.78 is 1.86. The molecule has 1 fully saturated rings. The lowest BCUT2D eigenvalue weighted by molar-refractivity contribution is 0.102. The summed E-state index contributed by atoms with van der Waals surface area (Å²) in [6.45, 7) is 5.77. The highest BCUT2D eigenvalue weighted by molar-refractivity contribution is 6.02. The van der Waals surface area contributed by atoms with E-state index in [1.165, 1.54) is 19.0 Å². The number of fused-ring (bicyclic) bond motifs is 1. The first-order valence-electron chi connectivity index (χ1n) is 8.31. The van der Waals surface area contributed by atoms with Crippen molar-refractivity contribution in [3.8, 4) is 0 Å². The van der Waals surface area contributed by atoms with E-state index in [9.17, 15) is 4.79 Å². The zero-order valence-corrected chi connectivity index (χ0v) is 14.2. The van der Waals surface area contributed by atoms with E-state index in [1.807, 2.05) is 24.4 Å². The lowest BCUT2D eigenvalue weighted by atomic mass is 10.4. The van der Waals surface area contributed by atoms with Crippen LogP contribution in [0.15, 0.2) is 24.8 Å². The molecule has 4 rings (SSSR count). The zero-order chi connectivity index (χ0) is 17.4. The van der Waals surface area contributed by atoms with Crippen LogP contribution in [0.25, 0.3) is 5.65 Å². The molecule has 0 saturated carbocycles. The van der Waals surface area contributed by atoms with Gasteiger partial charge >= 0.3 is 0 Å². The molecule has 1 aliphatic rings. The van der Waals surface area contributed by atoms with Gasteiger partial charge in [-0.2, -0.15) is 0 Å². The first-order valence-corrected chi connectivity index (χ1v) is 8.31. The molecule has 1 N–H and O–H groups in total. The van der Waals surface area contributed by atoms with Crippen LogP contribution in [0.5, 0.6) is 0 Å². The monoisotopic (exact) mass is 337 g/mol. The smallest absolute Gasteiger partial charge is 0.277 e. The predicted octanol–water partition coefficient (Wildman–Crippen LogP) is 1.99. The number of carbonyl (C=O) groups is 1. The van der Waals surface area contributed by atoms with Gasteiger partial charge in [-0.15, -0.1) is 0 Å². The Kier molecular flexibility index (Phi) is 3.79. The Bertz CT molecular complexity index is 926. The van der Waals surface area contributed by atoms with Crippen LogP contribution in [-0.2, 0) is 0 Å². The van der Waals surface area contributed by atoms with Crippen LogP contribution in [0.2, 0.25) is 0 Å². The van der Waals surface area contributed by atoms with Crippen molar-refractivity contribution in [1.29, 1.82) is 0 Å². The van der Waals surface area contributed by atoms with Crippen molar-refractivity contribution in [1.82, 2.24) is 24.3 Å². The summed E-state index contributed by atoms with van der Waals surface area (Å²) in [5, 5.41) is 2.77. The minimum Gasteiger partial charge on any atom is -0.355 e. The highest BCUT2D eigenvalue weighted by atomic mass is 16.1. The number of nitrogens with one attached hydrogen (secondary N) is 1. The molecule has 1 saturated heterocycles. The molecular weight excluding hydrogens is 318 g/mol. The van der Waals surface area contributed by atoms with Gasteiger partial charge < -0.3 is 14.6 Å². The van der Waals surface area contributed by atoms with E-state index in [-0.39, 0.29) is 11.6 Å². The van der Waals surface area contributed by atoms with E-state index >= 15 is 0 Å². The Morgan fingerprint density at radius 3 is 2.60 bits per heavy atom. The van der Waals surface area contributed by atoms with Gasteiger partial charge in [0.2, 0.25) is 0 Å². The van der Waals surface area contributed by atoms with Gasteiger partial charge in [0, 0.05) is 19.3 Å². The molecule has 1 amide bonds. The molecule has 0 radical (unpaired) electrons. The molecule has 0 bridgehead atoms. The Morgan fingerprint density at radius 2 is 1.88 bits per heavy atom. The van der Waals surface area contributed by atoms with Crippen molar-refractivity contribution in [3.05, 3.63) is 41.9 Å². The predicted molar refractivity (Wildman–Crippen MR) is 93.9 cm³/mol. The molecule has 128 valence electrons. The fourth-order valence-corrected chi connectivity index (χ4v) is 3.06. The van der Waals surface area contributed by atoms with E-state index in [0.717, 1.165) is 35.9 Å². The molecule has 0 aromatic carbocycles. The standard InChI is InChI=1S/C17H19N7O/c1-11-9-24-10-14(21-12(2)16(24)20-11)22-17(25)13-7-19-15(8-18-13)23-5-3-4-6-23/h7-10H,3-6H2,1-2H3,(H,22,25). The fraction of sp³-hybridized carbons (Fsp3) is 0.353. The lowest BCUT2D eigenvalue weighted by Crippen LogP contribution is -2.21. The quantitative estimate of drug-likeness (QED) is 0.786. The second-order valence-corrected chi connectivity index (χ2v) is 6.23. The second kappa shape index (κ2) is 6.12. The van der Waals surface area contributed by atoms with Crippen molar-refractivity contribution in [2.75, 3.05) is 23.3 Å². The van der Waals surface area contributed by atoms with Crippen LogP contribution in [0.1, 0.15) is 34.7 Å². The molecule has 8 heteroatoms. The van der Waals surface area contributed by atoms with E-state index in [0.29, 0.717) is 5.82 Å². The van der Waals surface area contributed by atoms with Gasteiger partial charge in [0.05, 0.1) is 30.0 Å². The summed E-state index contributed by atoms with van der Waals surface area (Å²) in [5.74, 6) is 0.944. The molecular formula is C17H19N7O. The number of carbonyl (C=O) groups excluding carboxylic acids is 1. The fourth-order valence-electron chi connectivity index (χ4n) is 3.06. The lowest BCUT2D eigenvalue weighted by Gasteiger charge is -2.15. The average molecular weight is 337 g/mol. The van der Waals surface area contributed by atoms with Crippen LogP contribution in [0.4, 0.5) is 11.6 Å². The van der Waals surface area contributed by atoms with Crippen LogP contribution in [0, 0.1) is 13.8 Å². The maximum atomic E-state index is 12.4. The zero-order valence-electron chi connectivity index (χ0n) is 14.2. The average Bonchev–Trinajstić information content (AvgIpc) is 3.24. The minimum absolute atomic E-state index is 0.268. The molecule has 0 unspecified atom stereocenters. The summed E-state index contributed by atoms with van der Waals surface area (Å²) >= 11 is 0. The van der Waals surface area contributed by atoms with Gasteiger partial charge in [-0.1, -0.05) is 0 Å². The Balaban J connectivity index is 1.53. The molecule has 8 nitrogen and oxygen atoms in total. The number of nitrogens with zero attached hydrogens (tertiary/aromatic N) is 6. The third-order valence-corrected chi connectivity index (χ3v) is 4.27. The molecule has 25 heavy (non-hydrogen) atoms. The number of hydrogen-bond donors (Lipinski definition) is 1. The Hall–Kier alpha value is -3.03. The number of aromatic nitrogens is 5. The molecule has 0 atom stereocenters. The summed E-state index contributed by atoms with van der Waals surface area (Å²) in [6.07, 6.45) is 9.14. The van der Waals surface area contributed by atoms with Crippen LogP contribution in [-0.4, -0.2) is 43.3 Å². The maximum absolute atomic E-state index is 12.4. The van der Waals surface area contributed by atoms with E-state index in [2.05, 4.69) is 30.2 Å². The molecule has 3 aromatic heterocycles. The van der Waals surface area contributed by atoms with Crippen LogP contribution < -0.4 is 10.2 Å². The Labute approximate surface area is 145 Å². The van der Waals surface area contributed by atoms with E-state index in [1.54, 1.807) is 12.4 Å². The van der Waals surface area contributed by atoms with Crippen LogP contribution in [0.3, 0.4) is 0 Å². The van der Waals surface area contributed by atoms with Gasteiger partial charge in [-0.05, 0) is 26.7 Å². The van der Waals surface area contributed by atoms with Crippen molar-refractivity contribution in [2.24, 2.45) is 0 Å². The van der Waals surface area contributed by atoms with Gasteiger partial charge in [0.25, 0.3) is 5.91 Å². The molecule has 1 aliphatic heterocycles. The summed E-state index contributed by atoms with van der Waals surface area (Å²) in [5.41, 5.74) is 2.70. The van der Waals surface area contributed by atoms with Gasteiger partial charge in [0.15, 0.2) is 5.65 Å². The first kappa shape index (κ1) is 15.5. The second-order valence-electron chi connectivity index (χ2n) is 6.23. The van der Waals surface area contributed by atoms with E-state index < -0.39 is 0 Å². The summed E-state index contributed by atoms with van der Waals surface area (Å²) in [6, 6.07) is 0. The largest absolute Gasteiger partial charge is 0.355 e. The van der Waals surface area contributed by atoms with Gasteiger partial charge in [-0.3, -0.25) is 4.79 Å². The number of hydrogen-bond acceptors (Lipinski definition) is 6. The molecule has 4 heterocycles. The van der Waals surface area contributed by atoms with Gasteiger partial charge in [0.1, 0.15) is 17.3 Å². The van der Waals surface area contributed by atoms with Crippen molar-refractivity contribution in [3.63, 3.8) is 0 Å². The Morgan fingerprint density at radius 1 is 1.08 bits per heavy atom. The molecule has 3 aromatic rings. The highest BCUT2D eigenvalue weighted by Crippen LogP contribution is 2.17. The summed E-state index contributed by atoms with van der Waals surface area (Å²) in [7, 11) is 0. The topological polar surface area (TPSA) is 88.3 Å². The number of amides is 1. The number of imidazole rings is 1. The normalized spacial score (nSPS) is 14.2. The molecule has 0 aliphatic carbocycles. The SMILES string of the molecule is Cc1cn2cc(NC(=O)c3cnc(N4CCCC4)cn3)nc(C)c2n1. The number of aryl methyl sites for hydroxylation is 2. The van der Waals surface area contributed by atoms with E-state index in [4.69, 9.17) is 0 Å². The van der Waals surface area contributed by atoms with Crippen LogP contribution >= 0.6 is 0 Å².